The van der Waals surface area contributed by atoms with Crippen LogP contribution in [0.4, 0.5) is 14.5 Å². The summed E-state index contributed by atoms with van der Waals surface area (Å²) in [6, 6.07) is 14.3. The molecule has 2 aromatic rings. The van der Waals surface area contributed by atoms with Crippen LogP contribution in [-0.4, -0.2) is 82.2 Å². The van der Waals surface area contributed by atoms with Crippen molar-refractivity contribution in [1.82, 2.24) is 9.80 Å². The number of unbranched alkanes of at least 4 members (excludes halogenated alkanes) is 1. The zero-order chi connectivity index (χ0) is 29.3. The van der Waals surface area contributed by atoms with E-state index < -0.39 is 23.6 Å². The quantitative estimate of drug-likeness (QED) is 0.152. The predicted octanol–water partition coefficient (Wildman–Crippen LogP) is 5.67. The zero-order valence-corrected chi connectivity index (χ0v) is 23.7. The minimum atomic E-state index is -1.26. The number of thioether (sulfide) groups is 1. The van der Waals surface area contributed by atoms with Gasteiger partial charge in [0.25, 0.3) is 0 Å². The molecule has 0 radical (unpaired) electrons. The van der Waals surface area contributed by atoms with Gasteiger partial charge in [-0.1, -0.05) is 36.9 Å². The van der Waals surface area contributed by atoms with E-state index >= 15 is 0 Å². The van der Waals surface area contributed by atoms with Crippen molar-refractivity contribution in [3.63, 3.8) is 0 Å². The Morgan fingerprint density at radius 1 is 1.05 bits per heavy atom. The van der Waals surface area contributed by atoms with Crippen LogP contribution in [0, 0.1) is 11.6 Å². The number of benzene rings is 2. The van der Waals surface area contributed by atoms with Crippen molar-refractivity contribution in [2.75, 3.05) is 39.0 Å². The Hall–Kier alpha value is -3.44. The van der Waals surface area contributed by atoms with Crippen LogP contribution in [0.2, 0.25) is 0 Å². The van der Waals surface area contributed by atoms with Crippen molar-refractivity contribution in [3.8, 4) is 5.75 Å². The van der Waals surface area contributed by atoms with Gasteiger partial charge in [-0.25, -0.2) is 23.4 Å². The van der Waals surface area contributed by atoms with Crippen LogP contribution in [-0.2, 0) is 9.59 Å². The smallest absolute Gasteiger partial charge is 0.328 e. The van der Waals surface area contributed by atoms with E-state index in [0.717, 1.165) is 74.1 Å². The van der Waals surface area contributed by atoms with E-state index in [2.05, 4.69) is 23.8 Å². The fourth-order valence-electron chi connectivity index (χ4n) is 3.98. The highest BCUT2D eigenvalue weighted by Crippen LogP contribution is 2.23. The summed E-state index contributed by atoms with van der Waals surface area (Å²) in [4.78, 5) is 28.8. The van der Waals surface area contributed by atoms with Crippen LogP contribution in [0.15, 0.2) is 65.7 Å². The first kappa shape index (κ1) is 32.8. The van der Waals surface area contributed by atoms with Crippen LogP contribution >= 0.6 is 11.8 Å². The number of para-hydroxylation sites is 1. The summed E-state index contributed by atoms with van der Waals surface area (Å²) in [5.74, 6) is -2.85. The average molecular weight is 578 g/mol. The van der Waals surface area contributed by atoms with Crippen molar-refractivity contribution in [1.29, 1.82) is 0 Å². The second-order valence-electron chi connectivity index (χ2n) is 8.99. The molecular weight excluding hydrogens is 540 g/mol. The maximum atomic E-state index is 13.2. The summed E-state index contributed by atoms with van der Waals surface area (Å²) in [5, 5.41) is 16.7. The Kier molecular flexibility index (Phi) is 14.8. The standard InChI is InChI=1S/C25H33F2N3OS.C4H4O4/c1-3-32-25(28-20-9-5-4-6-10-20)29(2)21-13-16-30(17-14-21)15-7-8-18-31-22-11-12-23(26)24(27)19-22;5-3(6)1-2-4(7)8/h4-6,9-12,19,21H,3,7-8,13-18H2,1-2H3;1-2H,(H,5,6)(H,7,8)/b;2-1+. The van der Waals surface area contributed by atoms with Crippen molar-refractivity contribution in [2.24, 2.45) is 4.99 Å². The Labute approximate surface area is 238 Å². The molecule has 0 aliphatic carbocycles. The molecule has 0 atom stereocenters. The average Bonchev–Trinajstić information content (AvgIpc) is 2.94. The number of carboxylic acids is 2. The summed E-state index contributed by atoms with van der Waals surface area (Å²) >= 11 is 1.80. The molecule has 0 amide bonds. The SMILES string of the molecule is CCSC(=Nc1ccccc1)N(C)C1CCN(CCCCOc2ccc(F)c(F)c2)CC1.O=C(O)/C=C/C(=O)O. The molecule has 40 heavy (non-hydrogen) atoms. The number of piperidine rings is 1. The number of halogens is 2. The number of amidine groups is 1. The first-order chi connectivity index (χ1) is 19.2. The maximum Gasteiger partial charge on any atom is 0.328 e. The molecule has 0 spiro atoms. The molecule has 1 heterocycles. The van der Waals surface area contributed by atoms with Gasteiger partial charge in [0.05, 0.1) is 12.3 Å². The topological polar surface area (TPSA) is 103 Å². The van der Waals surface area contributed by atoms with Gasteiger partial charge in [-0.15, -0.1) is 0 Å². The van der Waals surface area contributed by atoms with Crippen LogP contribution in [0.1, 0.15) is 32.6 Å². The Bertz CT molecular complexity index is 1110. The van der Waals surface area contributed by atoms with Crippen molar-refractivity contribution in [3.05, 3.63) is 72.3 Å². The number of ether oxygens (including phenoxy) is 1. The van der Waals surface area contributed by atoms with Gasteiger partial charge >= 0.3 is 11.9 Å². The fourth-order valence-corrected chi connectivity index (χ4v) is 4.76. The molecule has 1 fully saturated rings. The monoisotopic (exact) mass is 577 g/mol. The van der Waals surface area contributed by atoms with Gasteiger partial charge in [-0.2, -0.15) is 0 Å². The molecule has 3 rings (SSSR count). The highest BCUT2D eigenvalue weighted by molar-refractivity contribution is 8.13. The molecule has 1 saturated heterocycles. The molecule has 2 N–H and O–H groups in total. The molecule has 8 nitrogen and oxygen atoms in total. The predicted molar refractivity (Wildman–Crippen MR) is 154 cm³/mol. The highest BCUT2D eigenvalue weighted by Gasteiger charge is 2.24. The normalized spacial score (nSPS) is 14.4. The van der Waals surface area contributed by atoms with Crippen molar-refractivity contribution >= 4 is 34.6 Å². The van der Waals surface area contributed by atoms with E-state index in [1.807, 2.05) is 30.3 Å². The van der Waals surface area contributed by atoms with E-state index in [4.69, 9.17) is 19.9 Å². The van der Waals surface area contributed by atoms with E-state index in [0.29, 0.717) is 30.6 Å². The van der Waals surface area contributed by atoms with Crippen LogP contribution in [0.3, 0.4) is 0 Å². The first-order valence-corrected chi connectivity index (χ1v) is 14.1. The number of rotatable bonds is 11. The van der Waals surface area contributed by atoms with Gasteiger partial charge in [-0.3, -0.25) is 0 Å². The number of carbonyl (C=O) groups is 2. The Balaban J connectivity index is 0.000000611. The summed E-state index contributed by atoms with van der Waals surface area (Å²) in [7, 11) is 2.17. The molecule has 1 aliphatic heterocycles. The van der Waals surface area contributed by atoms with Gasteiger partial charge in [0.15, 0.2) is 16.8 Å². The Morgan fingerprint density at radius 3 is 2.27 bits per heavy atom. The lowest BCUT2D eigenvalue weighted by molar-refractivity contribution is -0.134. The largest absolute Gasteiger partial charge is 0.493 e. The van der Waals surface area contributed by atoms with Crippen LogP contribution < -0.4 is 4.74 Å². The molecule has 0 aromatic heterocycles. The lowest BCUT2D eigenvalue weighted by Crippen LogP contribution is -2.45. The summed E-state index contributed by atoms with van der Waals surface area (Å²) in [6.45, 7) is 5.87. The number of carboxylic acid groups (broad SMARTS) is 2. The van der Waals surface area contributed by atoms with Crippen LogP contribution in [0.5, 0.6) is 5.75 Å². The van der Waals surface area contributed by atoms with Gasteiger partial charge in [0.1, 0.15) is 5.75 Å². The maximum absolute atomic E-state index is 13.2. The third kappa shape index (κ3) is 12.6. The second-order valence-corrected chi connectivity index (χ2v) is 10.2. The second kappa shape index (κ2) is 18.0. The van der Waals surface area contributed by atoms with Gasteiger partial charge in [0, 0.05) is 44.4 Å². The van der Waals surface area contributed by atoms with Crippen molar-refractivity contribution in [2.45, 2.75) is 38.6 Å². The van der Waals surface area contributed by atoms with Crippen molar-refractivity contribution < 1.29 is 33.3 Å². The number of aliphatic imine (C=N–C) groups is 1. The van der Waals surface area contributed by atoms with E-state index in [-0.39, 0.29) is 0 Å². The third-order valence-corrected chi connectivity index (χ3v) is 6.98. The molecule has 0 bridgehead atoms. The fraction of sp³-hybridized carbons (Fsp3) is 0.414. The lowest BCUT2D eigenvalue weighted by atomic mass is 10.0. The van der Waals surface area contributed by atoms with Gasteiger partial charge < -0.3 is 24.7 Å². The number of hydrogen-bond acceptors (Lipinski definition) is 6. The number of nitrogens with zero attached hydrogens (tertiary/aromatic N) is 3. The first-order valence-electron chi connectivity index (χ1n) is 13.1. The molecule has 0 unspecified atom stereocenters. The number of likely N-dealkylation sites (tertiary alicyclic amines) is 1. The van der Waals surface area contributed by atoms with E-state index in [1.165, 1.54) is 6.07 Å². The molecule has 11 heteroatoms. The third-order valence-electron chi connectivity index (χ3n) is 6.06. The summed E-state index contributed by atoms with van der Waals surface area (Å²) in [6.07, 6.45) is 5.28. The van der Waals surface area contributed by atoms with E-state index in [9.17, 15) is 18.4 Å². The summed E-state index contributed by atoms with van der Waals surface area (Å²) < 4.78 is 31.7. The zero-order valence-electron chi connectivity index (χ0n) is 22.8. The molecule has 1 aliphatic rings. The summed E-state index contributed by atoms with van der Waals surface area (Å²) in [5.41, 5.74) is 0.998. The van der Waals surface area contributed by atoms with E-state index in [1.54, 1.807) is 11.8 Å². The molecule has 218 valence electrons. The number of hydrogen-bond donors (Lipinski definition) is 2. The molecule has 0 saturated carbocycles. The van der Waals surface area contributed by atoms with Gasteiger partial charge in [0.2, 0.25) is 0 Å². The minimum absolute atomic E-state index is 0.380. The minimum Gasteiger partial charge on any atom is -0.493 e. The number of aliphatic carboxylic acids is 2. The Morgan fingerprint density at radius 2 is 1.70 bits per heavy atom. The lowest BCUT2D eigenvalue weighted by Gasteiger charge is -2.38. The highest BCUT2D eigenvalue weighted by atomic mass is 32.2. The molecule has 2 aromatic carbocycles. The van der Waals surface area contributed by atoms with Gasteiger partial charge in [-0.05, 0) is 62.2 Å². The molecular formula is C29H37F2N3O5S. The van der Waals surface area contributed by atoms with Crippen LogP contribution in [0.25, 0.3) is 0 Å².